The van der Waals surface area contributed by atoms with E-state index >= 15 is 0 Å². The van der Waals surface area contributed by atoms with Crippen molar-refractivity contribution in [3.8, 4) is 5.75 Å². The van der Waals surface area contributed by atoms with Gasteiger partial charge in [-0.3, -0.25) is 0 Å². The average molecular weight is 368 g/mol. The van der Waals surface area contributed by atoms with Gasteiger partial charge in [0.25, 0.3) is 0 Å². The van der Waals surface area contributed by atoms with Crippen LogP contribution in [0.1, 0.15) is 40.0 Å². The molecular weight excluding hydrogens is 347 g/mol. The highest BCUT2D eigenvalue weighted by Crippen LogP contribution is 2.33. The van der Waals surface area contributed by atoms with Gasteiger partial charge in [-0.05, 0) is 52.9 Å². The summed E-state index contributed by atoms with van der Waals surface area (Å²) in [6.45, 7) is 6.44. The summed E-state index contributed by atoms with van der Waals surface area (Å²) in [6.07, 6.45) is -1.58. The molecule has 120 valence electrons. The van der Waals surface area contributed by atoms with Crippen LogP contribution >= 0.6 is 15.9 Å². The van der Waals surface area contributed by atoms with Gasteiger partial charge in [-0.15, -0.1) is 13.2 Å². The lowest BCUT2D eigenvalue weighted by atomic mass is 9.97. The topological polar surface area (TPSA) is 21.3 Å². The normalized spacial score (nSPS) is 14.6. The molecular formula is C15H21BrF3NO. The van der Waals surface area contributed by atoms with Crippen molar-refractivity contribution < 1.29 is 17.9 Å². The average Bonchev–Trinajstić information content (AvgIpc) is 2.39. The summed E-state index contributed by atoms with van der Waals surface area (Å²) < 4.78 is 40.8. The second-order valence-electron chi connectivity index (χ2n) is 5.19. The molecule has 0 aliphatic heterocycles. The third-order valence-electron chi connectivity index (χ3n) is 3.40. The first-order valence-electron chi connectivity index (χ1n) is 7.07. The van der Waals surface area contributed by atoms with Crippen molar-refractivity contribution >= 4 is 21.6 Å². The monoisotopic (exact) mass is 367 g/mol. The smallest absolute Gasteiger partial charge is 0.405 e. The summed E-state index contributed by atoms with van der Waals surface area (Å²) in [5.41, 5.74) is 0.784. The molecule has 0 aromatic heterocycles. The van der Waals surface area contributed by atoms with Crippen LogP contribution in [0.25, 0.3) is 0 Å². The van der Waals surface area contributed by atoms with Crippen LogP contribution in [0.4, 0.5) is 18.9 Å². The highest BCUT2D eigenvalue weighted by molar-refractivity contribution is 9.10. The van der Waals surface area contributed by atoms with Crippen LogP contribution in [0.5, 0.6) is 5.75 Å². The van der Waals surface area contributed by atoms with E-state index in [9.17, 15) is 13.2 Å². The van der Waals surface area contributed by atoms with Gasteiger partial charge in [-0.25, -0.2) is 0 Å². The molecule has 21 heavy (non-hydrogen) atoms. The fraction of sp³-hybridized carbons (Fsp3) is 0.600. The predicted molar refractivity (Wildman–Crippen MR) is 82.6 cm³/mol. The first-order chi connectivity index (χ1) is 9.75. The first kappa shape index (κ1) is 18.1. The number of hydrogen-bond acceptors (Lipinski definition) is 2. The maximum Gasteiger partial charge on any atom is 0.573 e. The minimum Gasteiger partial charge on any atom is -0.405 e. The van der Waals surface area contributed by atoms with E-state index in [2.05, 4.69) is 46.8 Å². The van der Waals surface area contributed by atoms with Gasteiger partial charge in [0.1, 0.15) is 5.75 Å². The van der Waals surface area contributed by atoms with Gasteiger partial charge in [0, 0.05) is 11.7 Å². The number of anilines is 1. The number of rotatable bonds is 7. The number of halogens is 4. The lowest BCUT2D eigenvalue weighted by Crippen LogP contribution is -2.21. The molecule has 1 aromatic carbocycles. The van der Waals surface area contributed by atoms with Crippen LogP contribution in [0.2, 0.25) is 0 Å². The Morgan fingerprint density at radius 1 is 1.24 bits per heavy atom. The fourth-order valence-electron chi connectivity index (χ4n) is 2.01. The molecule has 6 heteroatoms. The quantitative estimate of drug-likeness (QED) is 0.640. The summed E-state index contributed by atoms with van der Waals surface area (Å²) in [4.78, 5) is 0. The SMILES string of the molecule is CCC(C)CC(CC)Nc1ccc(OC(F)(F)F)c(Br)c1. The third-order valence-corrected chi connectivity index (χ3v) is 4.02. The Morgan fingerprint density at radius 2 is 1.90 bits per heavy atom. The van der Waals surface area contributed by atoms with E-state index in [0.29, 0.717) is 12.0 Å². The van der Waals surface area contributed by atoms with E-state index in [1.165, 1.54) is 6.07 Å². The second kappa shape index (κ2) is 7.92. The van der Waals surface area contributed by atoms with Crippen molar-refractivity contribution in [1.29, 1.82) is 0 Å². The van der Waals surface area contributed by atoms with E-state index in [4.69, 9.17) is 0 Å². The molecule has 0 radical (unpaired) electrons. The van der Waals surface area contributed by atoms with Gasteiger partial charge in [0.15, 0.2) is 0 Å². The van der Waals surface area contributed by atoms with Crippen molar-refractivity contribution in [3.05, 3.63) is 22.7 Å². The predicted octanol–water partition coefficient (Wildman–Crippen LogP) is 5.97. The molecule has 0 spiro atoms. The van der Waals surface area contributed by atoms with Crippen LogP contribution in [-0.2, 0) is 0 Å². The molecule has 0 aliphatic carbocycles. The molecule has 0 fully saturated rings. The van der Waals surface area contributed by atoms with Gasteiger partial charge in [0.05, 0.1) is 4.47 Å². The van der Waals surface area contributed by atoms with Gasteiger partial charge in [-0.1, -0.05) is 27.2 Å². The summed E-state index contributed by atoms with van der Waals surface area (Å²) in [7, 11) is 0. The second-order valence-corrected chi connectivity index (χ2v) is 6.05. The zero-order valence-corrected chi connectivity index (χ0v) is 14.0. The number of alkyl halides is 3. The molecule has 2 unspecified atom stereocenters. The van der Waals surface area contributed by atoms with E-state index in [1.54, 1.807) is 12.1 Å². The lowest BCUT2D eigenvalue weighted by molar-refractivity contribution is -0.274. The molecule has 1 rings (SSSR count). The molecule has 0 saturated carbocycles. The molecule has 2 nitrogen and oxygen atoms in total. The molecule has 0 saturated heterocycles. The zero-order chi connectivity index (χ0) is 16.0. The van der Waals surface area contributed by atoms with Gasteiger partial charge >= 0.3 is 6.36 Å². The van der Waals surface area contributed by atoms with Crippen molar-refractivity contribution in [1.82, 2.24) is 0 Å². The summed E-state index contributed by atoms with van der Waals surface area (Å²) >= 11 is 3.11. The van der Waals surface area contributed by atoms with Crippen molar-refractivity contribution in [2.75, 3.05) is 5.32 Å². The molecule has 2 atom stereocenters. The number of benzene rings is 1. The van der Waals surface area contributed by atoms with Gasteiger partial charge in [0.2, 0.25) is 0 Å². The molecule has 0 amide bonds. The summed E-state index contributed by atoms with van der Waals surface area (Å²) in [5.74, 6) is 0.377. The standard InChI is InChI=1S/C15H21BrF3NO/c1-4-10(3)8-11(5-2)20-12-6-7-14(13(16)9-12)21-15(17,18)19/h6-7,9-11,20H,4-5,8H2,1-3H3. The van der Waals surface area contributed by atoms with Crippen molar-refractivity contribution in [2.45, 2.75) is 52.4 Å². The van der Waals surface area contributed by atoms with Crippen LogP contribution < -0.4 is 10.1 Å². The third kappa shape index (κ3) is 6.59. The Balaban J connectivity index is 2.74. The van der Waals surface area contributed by atoms with Crippen molar-refractivity contribution in [3.63, 3.8) is 0 Å². The van der Waals surface area contributed by atoms with Gasteiger partial charge in [-0.2, -0.15) is 0 Å². The number of nitrogens with one attached hydrogen (secondary N) is 1. The van der Waals surface area contributed by atoms with E-state index < -0.39 is 6.36 Å². The Labute approximate surface area is 132 Å². The minimum absolute atomic E-state index is 0.233. The highest BCUT2D eigenvalue weighted by Gasteiger charge is 2.31. The van der Waals surface area contributed by atoms with Crippen LogP contribution in [0, 0.1) is 5.92 Å². The largest absolute Gasteiger partial charge is 0.573 e. The summed E-state index contributed by atoms with van der Waals surface area (Å²) in [5, 5.41) is 3.36. The fourth-order valence-corrected chi connectivity index (χ4v) is 2.47. The van der Waals surface area contributed by atoms with E-state index in [-0.39, 0.29) is 10.2 Å². The Hall–Kier alpha value is -0.910. The maximum absolute atomic E-state index is 12.2. The van der Waals surface area contributed by atoms with Crippen LogP contribution in [0.15, 0.2) is 22.7 Å². The highest BCUT2D eigenvalue weighted by atomic mass is 79.9. The number of hydrogen-bond donors (Lipinski definition) is 1. The number of ether oxygens (including phenoxy) is 1. The van der Waals surface area contributed by atoms with E-state index in [0.717, 1.165) is 24.9 Å². The van der Waals surface area contributed by atoms with Crippen molar-refractivity contribution in [2.24, 2.45) is 5.92 Å². The Kier molecular flexibility index (Phi) is 6.84. The minimum atomic E-state index is -4.68. The maximum atomic E-state index is 12.2. The molecule has 0 aliphatic rings. The van der Waals surface area contributed by atoms with Crippen LogP contribution in [0.3, 0.4) is 0 Å². The molecule has 0 bridgehead atoms. The summed E-state index contributed by atoms with van der Waals surface area (Å²) in [6, 6.07) is 4.84. The van der Waals surface area contributed by atoms with E-state index in [1.807, 2.05) is 0 Å². The van der Waals surface area contributed by atoms with Crippen LogP contribution in [-0.4, -0.2) is 12.4 Å². The lowest BCUT2D eigenvalue weighted by Gasteiger charge is -2.22. The molecule has 1 N–H and O–H groups in total. The Morgan fingerprint density at radius 3 is 2.38 bits per heavy atom. The van der Waals surface area contributed by atoms with Gasteiger partial charge < -0.3 is 10.1 Å². The molecule has 1 aromatic rings. The molecule has 0 heterocycles. The zero-order valence-electron chi connectivity index (χ0n) is 12.4. The Bertz CT molecular complexity index is 451. The first-order valence-corrected chi connectivity index (χ1v) is 7.86.